The molecule has 0 bridgehead atoms. The van der Waals surface area contributed by atoms with Crippen LogP contribution in [-0.4, -0.2) is 62.6 Å². The highest BCUT2D eigenvalue weighted by atomic mass is 16.6. The summed E-state index contributed by atoms with van der Waals surface area (Å²) >= 11 is 0. The van der Waals surface area contributed by atoms with Gasteiger partial charge < -0.3 is 30.0 Å². The summed E-state index contributed by atoms with van der Waals surface area (Å²) in [6, 6.07) is 0. The van der Waals surface area contributed by atoms with Gasteiger partial charge in [0.1, 0.15) is 12.2 Å². The molecule has 4 atom stereocenters. The lowest BCUT2D eigenvalue weighted by Crippen LogP contribution is -2.59. The van der Waals surface area contributed by atoms with Crippen LogP contribution in [0, 0.1) is 0 Å². The first-order valence-corrected chi connectivity index (χ1v) is 4.58. The van der Waals surface area contributed by atoms with Crippen molar-refractivity contribution in [3.05, 3.63) is 0 Å². The quantitative estimate of drug-likeness (QED) is 0.304. The van der Waals surface area contributed by atoms with Crippen LogP contribution in [0.4, 0.5) is 0 Å². The Morgan fingerprint density at radius 1 is 1.29 bits per heavy atom. The fraction of sp³-hybridized carbons (Fsp3) is 0.667. The summed E-state index contributed by atoms with van der Waals surface area (Å²) in [6.45, 7) is 1.82. The van der Waals surface area contributed by atoms with Crippen LogP contribution in [0.15, 0.2) is 0 Å². The number of esters is 1. The number of carbonyl (C=O) groups excluding carboxylic acids is 2. The van der Waals surface area contributed by atoms with Gasteiger partial charge in [-0.15, -0.1) is 0 Å². The van der Waals surface area contributed by atoms with E-state index in [1.807, 2.05) is 0 Å². The van der Waals surface area contributed by atoms with Gasteiger partial charge in [-0.2, -0.15) is 0 Å². The number of rotatable bonds is 6. The summed E-state index contributed by atoms with van der Waals surface area (Å²) in [5, 5.41) is 36.6. The van der Waals surface area contributed by atoms with Crippen LogP contribution in [0.25, 0.3) is 0 Å². The molecule has 0 radical (unpaired) electrons. The number of aliphatic hydroxyl groups is 3. The van der Waals surface area contributed by atoms with Crippen molar-refractivity contribution in [3.63, 3.8) is 0 Å². The summed E-state index contributed by atoms with van der Waals surface area (Å²) in [7, 11) is 0. The maximum atomic E-state index is 10.8. The monoisotopic (exact) mass is 250 g/mol. The largest absolute Gasteiger partial charge is 0.479 e. The van der Waals surface area contributed by atoms with Crippen molar-refractivity contribution < 1.29 is 39.5 Å². The number of hydrogen-bond acceptors (Lipinski definition) is 7. The van der Waals surface area contributed by atoms with Gasteiger partial charge in [0.05, 0.1) is 0 Å². The highest BCUT2D eigenvalue weighted by Crippen LogP contribution is 2.23. The second-order valence-electron chi connectivity index (χ2n) is 3.59. The van der Waals surface area contributed by atoms with Crippen molar-refractivity contribution in [2.24, 2.45) is 0 Å². The number of carboxylic acid groups (broad SMARTS) is 1. The molecule has 98 valence electrons. The van der Waals surface area contributed by atoms with Crippen LogP contribution in [-0.2, 0) is 19.1 Å². The zero-order valence-corrected chi connectivity index (χ0v) is 9.23. The molecule has 8 heteroatoms. The van der Waals surface area contributed by atoms with Gasteiger partial charge in [0.25, 0.3) is 0 Å². The van der Waals surface area contributed by atoms with Gasteiger partial charge in [-0.05, 0) is 6.92 Å². The van der Waals surface area contributed by atoms with Gasteiger partial charge in [0.2, 0.25) is 0 Å². The van der Waals surface area contributed by atoms with E-state index in [0.717, 1.165) is 13.8 Å². The number of aliphatic carboxylic acids is 1. The third-order valence-corrected chi connectivity index (χ3v) is 2.19. The minimum absolute atomic E-state index is 0.0685. The molecule has 0 fully saturated rings. The molecule has 4 unspecified atom stereocenters. The van der Waals surface area contributed by atoms with E-state index < -0.39 is 35.9 Å². The molecule has 0 rings (SSSR count). The molecular formula is C9H14O8. The molecule has 0 aromatic rings. The first kappa shape index (κ1) is 15.5. The maximum Gasteiger partial charge on any atom is 0.336 e. The Bertz CT molecular complexity index is 314. The van der Waals surface area contributed by atoms with E-state index in [2.05, 4.69) is 4.74 Å². The molecule has 8 nitrogen and oxygen atoms in total. The van der Waals surface area contributed by atoms with Crippen molar-refractivity contribution in [1.29, 1.82) is 0 Å². The van der Waals surface area contributed by atoms with Crippen LogP contribution in [0.1, 0.15) is 13.8 Å². The molecule has 0 aliphatic heterocycles. The normalized spacial score (nSPS) is 19.6. The number of carbonyl (C=O) groups is 3. The molecule has 0 spiro atoms. The molecule has 0 heterocycles. The molecule has 0 amide bonds. The molecule has 4 N–H and O–H groups in total. The Labute approximate surface area is 96.4 Å². The first-order chi connectivity index (χ1) is 7.66. The minimum Gasteiger partial charge on any atom is -0.479 e. The molecule has 0 aromatic carbocycles. The number of aliphatic hydroxyl groups excluding tert-OH is 3. The summed E-state index contributed by atoms with van der Waals surface area (Å²) in [5.74, 6) is -2.75. The predicted octanol–water partition coefficient (Wildman–Crippen LogP) is -2.33. The number of hydrogen-bond donors (Lipinski definition) is 4. The number of carboxylic acids is 1. The number of aldehydes is 1. The lowest BCUT2D eigenvalue weighted by molar-refractivity contribution is -0.207. The van der Waals surface area contributed by atoms with Crippen LogP contribution in [0.5, 0.6) is 0 Å². The van der Waals surface area contributed by atoms with E-state index in [9.17, 15) is 24.6 Å². The van der Waals surface area contributed by atoms with Gasteiger partial charge in [0, 0.05) is 6.92 Å². The van der Waals surface area contributed by atoms with Crippen molar-refractivity contribution in [1.82, 2.24) is 0 Å². The summed E-state index contributed by atoms with van der Waals surface area (Å²) in [6.07, 6.45) is -6.43. The second-order valence-corrected chi connectivity index (χ2v) is 3.59. The fourth-order valence-electron chi connectivity index (χ4n) is 1.25. The zero-order valence-electron chi connectivity index (χ0n) is 9.23. The SMILES string of the molecule is CC(=O)OC(C)(C(O)C(=O)O)C(O)C(O)C=O. The topological polar surface area (TPSA) is 141 Å². The average Bonchev–Trinajstić information content (AvgIpc) is 2.24. The zero-order chi connectivity index (χ0) is 13.8. The summed E-state index contributed by atoms with van der Waals surface area (Å²) in [5.41, 5.74) is -2.34. The average molecular weight is 250 g/mol. The van der Waals surface area contributed by atoms with Crippen molar-refractivity contribution in [2.45, 2.75) is 37.8 Å². The molecule has 0 aromatic heterocycles. The van der Waals surface area contributed by atoms with Crippen molar-refractivity contribution in [2.75, 3.05) is 0 Å². The predicted molar refractivity (Wildman–Crippen MR) is 51.9 cm³/mol. The molecule has 0 aliphatic rings. The van der Waals surface area contributed by atoms with Gasteiger partial charge in [-0.3, -0.25) is 4.79 Å². The van der Waals surface area contributed by atoms with E-state index in [4.69, 9.17) is 10.2 Å². The molecular weight excluding hydrogens is 236 g/mol. The Kier molecular flexibility index (Phi) is 5.20. The van der Waals surface area contributed by atoms with Crippen LogP contribution >= 0.6 is 0 Å². The van der Waals surface area contributed by atoms with Crippen LogP contribution in [0.2, 0.25) is 0 Å². The van der Waals surface area contributed by atoms with Gasteiger partial charge in [-0.25, -0.2) is 4.79 Å². The lowest BCUT2D eigenvalue weighted by atomic mass is 9.88. The smallest absolute Gasteiger partial charge is 0.336 e. The third-order valence-electron chi connectivity index (χ3n) is 2.19. The van der Waals surface area contributed by atoms with Crippen molar-refractivity contribution in [3.8, 4) is 0 Å². The third kappa shape index (κ3) is 3.48. The number of ether oxygens (including phenoxy) is 1. The van der Waals surface area contributed by atoms with E-state index >= 15 is 0 Å². The van der Waals surface area contributed by atoms with E-state index in [1.54, 1.807) is 0 Å². The Morgan fingerprint density at radius 3 is 2.06 bits per heavy atom. The van der Waals surface area contributed by atoms with E-state index in [1.165, 1.54) is 0 Å². The minimum atomic E-state index is -2.34. The van der Waals surface area contributed by atoms with Gasteiger partial charge >= 0.3 is 11.9 Å². The highest BCUT2D eigenvalue weighted by molar-refractivity contribution is 5.75. The lowest BCUT2D eigenvalue weighted by Gasteiger charge is -2.36. The van der Waals surface area contributed by atoms with Gasteiger partial charge in [-0.1, -0.05) is 0 Å². The Morgan fingerprint density at radius 2 is 1.76 bits per heavy atom. The summed E-state index contributed by atoms with van der Waals surface area (Å²) in [4.78, 5) is 31.7. The Balaban J connectivity index is 5.28. The van der Waals surface area contributed by atoms with Crippen LogP contribution < -0.4 is 0 Å². The van der Waals surface area contributed by atoms with Crippen molar-refractivity contribution >= 4 is 18.2 Å². The maximum absolute atomic E-state index is 10.8. The second kappa shape index (κ2) is 5.71. The highest BCUT2D eigenvalue weighted by Gasteiger charge is 2.50. The van der Waals surface area contributed by atoms with Gasteiger partial charge in [0.15, 0.2) is 18.0 Å². The van der Waals surface area contributed by atoms with E-state index in [-0.39, 0.29) is 6.29 Å². The summed E-state index contributed by atoms with van der Waals surface area (Å²) < 4.78 is 4.51. The van der Waals surface area contributed by atoms with E-state index in [0.29, 0.717) is 0 Å². The molecule has 0 saturated heterocycles. The van der Waals surface area contributed by atoms with Crippen LogP contribution in [0.3, 0.4) is 0 Å². The molecule has 0 saturated carbocycles. The first-order valence-electron chi connectivity index (χ1n) is 4.58. The molecule has 0 aliphatic carbocycles. The standard InChI is InChI=1S/C9H14O8/c1-4(11)17-9(2,7(14)8(15)16)6(13)5(12)3-10/h3,5-7,12-14H,1-2H3,(H,15,16). The fourth-order valence-corrected chi connectivity index (χ4v) is 1.25. The Hall–Kier alpha value is -1.51. The molecule has 17 heavy (non-hydrogen) atoms.